The van der Waals surface area contributed by atoms with Crippen LogP contribution in [-0.2, 0) is 5.54 Å². The lowest BCUT2D eigenvalue weighted by molar-refractivity contribution is 0.0571. The number of amides is 1. The summed E-state index contributed by atoms with van der Waals surface area (Å²) in [6.45, 7) is 2.34. The number of likely N-dealkylation sites (tertiary alicyclic amines) is 1. The molecule has 5 nitrogen and oxygen atoms in total. The first-order valence-corrected chi connectivity index (χ1v) is 12.0. The van der Waals surface area contributed by atoms with E-state index in [2.05, 4.69) is 45.5 Å². The number of nitrogens with zero attached hydrogens (tertiary/aromatic N) is 2. The zero-order valence-corrected chi connectivity index (χ0v) is 19.0. The molecule has 0 atom stereocenters. The molecular formula is C28H31N3O2. The third kappa shape index (κ3) is 4.64. The molecule has 33 heavy (non-hydrogen) atoms. The molecule has 0 spiro atoms. The zero-order valence-electron chi connectivity index (χ0n) is 19.0. The Morgan fingerprint density at radius 2 is 1.58 bits per heavy atom. The van der Waals surface area contributed by atoms with Gasteiger partial charge in [-0.05, 0) is 81.4 Å². The summed E-state index contributed by atoms with van der Waals surface area (Å²) in [6.07, 6.45) is 8.25. The van der Waals surface area contributed by atoms with E-state index in [1.165, 1.54) is 31.5 Å². The molecule has 1 aromatic heterocycles. The Balaban J connectivity index is 1.28. The largest absolute Gasteiger partial charge is 0.438 e. The Hall–Kier alpha value is -3.18. The van der Waals surface area contributed by atoms with Crippen LogP contribution >= 0.6 is 0 Å². The molecule has 0 radical (unpaired) electrons. The van der Waals surface area contributed by atoms with E-state index in [1.807, 2.05) is 30.3 Å². The van der Waals surface area contributed by atoms with Gasteiger partial charge < -0.3 is 10.1 Å². The highest BCUT2D eigenvalue weighted by Crippen LogP contribution is 2.44. The maximum atomic E-state index is 13.2. The van der Waals surface area contributed by atoms with Crippen molar-refractivity contribution >= 4 is 5.91 Å². The van der Waals surface area contributed by atoms with Gasteiger partial charge in [-0.15, -0.1) is 0 Å². The van der Waals surface area contributed by atoms with Crippen LogP contribution in [0.25, 0.3) is 0 Å². The molecule has 1 amide bonds. The van der Waals surface area contributed by atoms with E-state index in [9.17, 15) is 4.79 Å². The van der Waals surface area contributed by atoms with Crippen LogP contribution in [0.1, 0.15) is 54.4 Å². The van der Waals surface area contributed by atoms with Crippen molar-refractivity contribution in [2.24, 2.45) is 0 Å². The fraction of sp³-hybridized carbons (Fsp3) is 0.357. The smallest absolute Gasteiger partial charge is 0.257 e. The number of ether oxygens (including phenoxy) is 1. The Morgan fingerprint density at radius 1 is 0.909 bits per heavy atom. The number of hydrogen-bond acceptors (Lipinski definition) is 4. The molecule has 170 valence electrons. The normalized spacial score (nSPS) is 23.2. The molecule has 5 heteroatoms. The van der Waals surface area contributed by atoms with Gasteiger partial charge in [-0.25, -0.2) is 4.98 Å². The summed E-state index contributed by atoms with van der Waals surface area (Å²) in [4.78, 5) is 20.2. The van der Waals surface area contributed by atoms with Gasteiger partial charge in [0.1, 0.15) is 11.3 Å². The van der Waals surface area contributed by atoms with Crippen LogP contribution in [0.15, 0.2) is 79.0 Å². The van der Waals surface area contributed by atoms with E-state index in [1.54, 1.807) is 18.3 Å². The van der Waals surface area contributed by atoms with E-state index < -0.39 is 0 Å². The summed E-state index contributed by atoms with van der Waals surface area (Å²) in [7, 11) is 0. The second-order valence-corrected chi connectivity index (χ2v) is 9.11. The number of rotatable bonds is 6. The van der Waals surface area contributed by atoms with Crippen molar-refractivity contribution in [1.82, 2.24) is 15.2 Å². The van der Waals surface area contributed by atoms with E-state index in [-0.39, 0.29) is 17.5 Å². The van der Waals surface area contributed by atoms with E-state index in [0.29, 0.717) is 17.2 Å². The number of hydrogen-bond donors (Lipinski definition) is 1. The second kappa shape index (κ2) is 9.75. The molecule has 1 saturated heterocycles. The molecule has 3 aromatic rings. The second-order valence-electron chi connectivity index (χ2n) is 9.11. The van der Waals surface area contributed by atoms with Gasteiger partial charge in [-0.3, -0.25) is 9.69 Å². The van der Waals surface area contributed by atoms with Gasteiger partial charge in [0, 0.05) is 17.8 Å². The molecule has 0 bridgehead atoms. The minimum atomic E-state index is -0.118. The van der Waals surface area contributed by atoms with Crippen LogP contribution in [0.3, 0.4) is 0 Å². The summed E-state index contributed by atoms with van der Waals surface area (Å²) >= 11 is 0. The van der Waals surface area contributed by atoms with Crippen LogP contribution in [0.5, 0.6) is 11.6 Å². The van der Waals surface area contributed by atoms with Crippen molar-refractivity contribution in [2.45, 2.75) is 50.1 Å². The molecule has 2 aliphatic rings. The Labute approximate surface area is 195 Å². The lowest BCUT2D eigenvalue weighted by Gasteiger charge is -2.47. The summed E-state index contributed by atoms with van der Waals surface area (Å²) in [6, 6.07) is 24.1. The Morgan fingerprint density at radius 3 is 2.27 bits per heavy atom. The van der Waals surface area contributed by atoms with Gasteiger partial charge in [0.15, 0.2) is 0 Å². The number of pyridine rings is 1. The van der Waals surface area contributed by atoms with Gasteiger partial charge in [0.05, 0.1) is 0 Å². The van der Waals surface area contributed by atoms with Gasteiger partial charge in [0.25, 0.3) is 5.91 Å². The first-order valence-electron chi connectivity index (χ1n) is 12.0. The fourth-order valence-electron chi connectivity index (χ4n) is 5.43. The molecule has 5 rings (SSSR count). The predicted molar refractivity (Wildman–Crippen MR) is 129 cm³/mol. The topological polar surface area (TPSA) is 54.5 Å². The number of benzene rings is 2. The highest BCUT2D eigenvalue weighted by molar-refractivity contribution is 5.96. The number of carbonyl (C=O) groups excluding carboxylic acids is 1. The first-order chi connectivity index (χ1) is 16.2. The molecule has 1 aliphatic carbocycles. The highest BCUT2D eigenvalue weighted by Gasteiger charge is 2.42. The Kier molecular flexibility index (Phi) is 6.40. The highest BCUT2D eigenvalue weighted by atomic mass is 16.5. The van der Waals surface area contributed by atoms with Gasteiger partial charge in [-0.1, -0.05) is 48.5 Å². The third-order valence-corrected chi connectivity index (χ3v) is 7.14. The van der Waals surface area contributed by atoms with Crippen molar-refractivity contribution in [3.05, 3.63) is 90.1 Å². The molecular weight excluding hydrogens is 410 g/mol. The van der Waals surface area contributed by atoms with Crippen LogP contribution < -0.4 is 10.1 Å². The van der Waals surface area contributed by atoms with Crippen molar-refractivity contribution in [3.8, 4) is 11.6 Å². The minimum absolute atomic E-state index is 0.0921. The van der Waals surface area contributed by atoms with E-state index >= 15 is 0 Å². The maximum Gasteiger partial charge on any atom is 0.257 e. The van der Waals surface area contributed by atoms with Crippen molar-refractivity contribution < 1.29 is 9.53 Å². The summed E-state index contributed by atoms with van der Waals surface area (Å²) in [5, 5.41) is 3.26. The zero-order chi connectivity index (χ0) is 22.5. The van der Waals surface area contributed by atoms with Crippen molar-refractivity contribution in [3.63, 3.8) is 0 Å². The van der Waals surface area contributed by atoms with E-state index in [4.69, 9.17) is 4.74 Å². The van der Waals surface area contributed by atoms with Crippen molar-refractivity contribution in [1.29, 1.82) is 0 Å². The standard InChI is InChI=1S/C28H31N3O2/c32-26(25-14-9-19-29-27(25)33-24-12-5-2-6-13-24)30-23-15-17-28(18-16-23,31-20-7-8-21-31)22-10-3-1-4-11-22/h1-6,9-14,19,23H,7-8,15-18,20-21H2,(H,30,32). The molecule has 1 saturated carbocycles. The molecule has 2 aromatic carbocycles. The average Bonchev–Trinajstić information content (AvgIpc) is 3.42. The van der Waals surface area contributed by atoms with Crippen LogP contribution in [0, 0.1) is 0 Å². The summed E-state index contributed by atoms with van der Waals surface area (Å²) in [5.41, 5.74) is 1.98. The molecule has 2 fully saturated rings. The maximum absolute atomic E-state index is 13.2. The number of carbonyl (C=O) groups is 1. The molecule has 2 heterocycles. The van der Waals surface area contributed by atoms with Gasteiger partial charge in [0.2, 0.25) is 5.88 Å². The lowest BCUT2D eigenvalue weighted by Crippen LogP contribution is -2.50. The Bertz CT molecular complexity index is 1060. The quantitative estimate of drug-likeness (QED) is 0.546. The lowest BCUT2D eigenvalue weighted by atomic mass is 9.73. The summed E-state index contributed by atoms with van der Waals surface area (Å²) < 4.78 is 5.90. The molecule has 1 aliphatic heterocycles. The van der Waals surface area contributed by atoms with Crippen LogP contribution in [-0.4, -0.2) is 34.9 Å². The predicted octanol–water partition coefficient (Wildman–Crippen LogP) is 5.54. The van der Waals surface area contributed by atoms with Gasteiger partial charge >= 0.3 is 0 Å². The monoisotopic (exact) mass is 441 g/mol. The van der Waals surface area contributed by atoms with Crippen LogP contribution in [0.4, 0.5) is 0 Å². The van der Waals surface area contributed by atoms with Gasteiger partial charge in [-0.2, -0.15) is 0 Å². The SMILES string of the molecule is O=C(NC1CCC(c2ccccc2)(N2CCCC2)CC1)c1cccnc1Oc1ccccc1. The average molecular weight is 442 g/mol. The molecule has 1 N–H and O–H groups in total. The number of para-hydroxylation sites is 1. The number of aromatic nitrogens is 1. The number of nitrogens with one attached hydrogen (secondary N) is 1. The van der Waals surface area contributed by atoms with E-state index in [0.717, 1.165) is 25.7 Å². The minimum Gasteiger partial charge on any atom is -0.438 e. The fourth-order valence-corrected chi connectivity index (χ4v) is 5.43. The van der Waals surface area contributed by atoms with Crippen molar-refractivity contribution in [2.75, 3.05) is 13.1 Å². The molecule has 0 unspecified atom stereocenters. The van der Waals surface area contributed by atoms with Crippen LogP contribution in [0.2, 0.25) is 0 Å². The first kappa shape index (κ1) is 21.7. The summed E-state index contributed by atoms with van der Waals surface area (Å²) in [5.74, 6) is 0.890. The third-order valence-electron chi connectivity index (χ3n) is 7.14.